The largest absolute Gasteiger partial charge is 0.331 e. The van der Waals surface area contributed by atoms with Crippen molar-refractivity contribution in [2.24, 2.45) is 0 Å². The Hall–Kier alpha value is -2.29. The quantitative estimate of drug-likeness (QED) is 0.846. The summed E-state index contributed by atoms with van der Waals surface area (Å²) in [5, 5.41) is 5.69. The highest BCUT2D eigenvalue weighted by Crippen LogP contribution is 2.11. The fraction of sp³-hybridized carbons (Fsp3) is 0.133. The molecule has 0 aliphatic rings. The summed E-state index contributed by atoms with van der Waals surface area (Å²) < 4.78 is 0. The Morgan fingerprint density at radius 2 is 1.50 bits per heavy atom. The summed E-state index contributed by atoms with van der Waals surface area (Å²) in [6.45, 7) is 1.96. The zero-order valence-electron chi connectivity index (χ0n) is 10.3. The highest BCUT2D eigenvalue weighted by molar-refractivity contribution is 5.89. The van der Waals surface area contributed by atoms with E-state index >= 15 is 0 Å². The first-order chi connectivity index (χ1) is 8.75. The van der Waals surface area contributed by atoms with Gasteiger partial charge in [0, 0.05) is 5.69 Å². The fourth-order valence-corrected chi connectivity index (χ4v) is 1.71. The lowest BCUT2D eigenvalue weighted by atomic mass is 10.1. The molecular formula is C15H16N2O. The molecule has 2 aromatic rings. The normalized spacial score (nSPS) is 11.6. The Bertz CT molecular complexity index is 496. The van der Waals surface area contributed by atoms with Gasteiger partial charge in [-0.1, -0.05) is 48.5 Å². The van der Waals surface area contributed by atoms with Crippen molar-refractivity contribution in [2.45, 2.75) is 13.0 Å². The van der Waals surface area contributed by atoms with Crippen molar-refractivity contribution < 1.29 is 4.79 Å². The standard InChI is InChI=1S/C15H16N2O/c1-12(13-8-4-2-5-9-13)16-15(18)17-14-10-6-3-7-11-14/h2-12H,1H3,(H2,16,17,18)/t12-/m1/s1. The SMILES string of the molecule is C[C@@H](NC(=O)Nc1ccccc1)c1ccccc1. The summed E-state index contributed by atoms with van der Waals surface area (Å²) in [7, 11) is 0. The van der Waals surface area contributed by atoms with Crippen LogP contribution in [-0.2, 0) is 0 Å². The molecule has 3 nitrogen and oxygen atoms in total. The first-order valence-electron chi connectivity index (χ1n) is 5.93. The van der Waals surface area contributed by atoms with E-state index in [-0.39, 0.29) is 12.1 Å². The van der Waals surface area contributed by atoms with Gasteiger partial charge in [-0.15, -0.1) is 0 Å². The third-order valence-corrected chi connectivity index (χ3v) is 2.68. The molecule has 0 heterocycles. The second-order valence-electron chi connectivity index (χ2n) is 4.10. The van der Waals surface area contributed by atoms with Crippen LogP contribution in [0.2, 0.25) is 0 Å². The molecule has 0 radical (unpaired) electrons. The summed E-state index contributed by atoms with van der Waals surface area (Å²) in [6, 6.07) is 19.0. The molecule has 0 saturated carbocycles. The number of benzene rings is 2. The highest BCUT2D eigenvalue weighted by atomic mass is 16.2. The lowest BCUT2D eigenvalue weighted by Gasteiger charge is -2.14. The molecule has 0 aliphatic heterocycles. The molecule has 0 unspecified atom stereocenters. The number of hydrogen-bond acceptors (Lipinski definition) is 1. The van der Waals surface area contributed by atoms with Crippen LogP contribution in [0.4, 0.5) is 10.5 Å². The average Bonchev–Trinajstić information content (AvgIpc) is 2.40. The molecule has 1 atom stereocenters. The van der Waals surface area contributed by atoms with Crippen LogP contribution in [0.3, 0.4) is 0 Å². The Kier molecular flexibility index (Phi) is 3.97. The van der Waals surface area contributed by atoms with Crippen LogP contribution in [0.25, 0.3) is 0 Å². The predicted octanol–water partition coefficient (Wildman–Crippen LogP) is 3.57. The molecule has 18 heavy (non-hydrogen) atoms. The van der Waals surface area contributed by atoms with Gasteiger partial charge < -0.3 is 10.6 Å². The zero-order chi connectivity index (χ0) is 12.8. The van der Waals surface area contributed by atoms with E-state index in [2.05, 4.69) is 10.6 Å². The molecule has 92 valence electrons. The van der Waals surface area contributed by atoms with E-state index < -0.39 is 0 Å². The number of anilines is 1. The molecule has 2 N–H and O–H groups in total. The molecule has 0 bridgehead atoms. The van der Waals surface area contributed by atoms with Crippen LogP contribution in [0.5, 0.6) is 0 Å². The molecule has 0 spiro atoms. The van der Waals surface area contributed by atoms with Gasteiger partial charge in [-0.05, 0) is 24.6 Å². The van der Waals surface area contributed by atoms with Crippen LogP contribution in [0.15, 0.2) is 60.7 Å². The number of carbonyl (C=O) groups is 1. The van der Waals surface area contributed by atoms with Gasteiger partial charge in [0.25, 0.3) is 0 Å². The first kappa shape index (κ1) is 12.2. The molecule has 2 amide bonds. The lowest BCUT2D eigenvalue weighted by molar-refractivity contribution is 0.249. The Balaban J connectivity index is 1.92. The van der Waals surface area contributed by atoms with Crippen LogP contribution in [0, 0.1) is 0 Å². The monoisotopic (exact) mass is 240 g/mol. The van der Waals surface area contributed by atoms with Gasteiger partial charge >= 0.3 is 6.03 Å². The van der Waals surface area contributed by atoms with Crippen molar-refractivity contribution in [3.63, 3.8) is 0 Å². The number of nitrogens with one attached hydrogen (secondary N) is 2. The third kappa shape index (κ3) is 3.35. The molecule has 2 rings (SSSR count). The predicted molar refractivity (Wildman–Crippen MR) is 73.5 cm³/mol. The Labute approximate surface area is 107 Å². The maximum atomic E-state index is 11.8. The third-order valence-electron chi connectivity index (χ3n) is 2.68. The minimum atomic E-state index is -0.197. The van der Waals surface area contributed by atoms with Gasteiger partial charge in [0.05, 0.1) is 6.04 Å². The smallest absolute Gasteiger partial charge is 0.319 e. The maximum absolute atomic E-state index is 11.8. The number of amides is 2. The molecule has 0 fully saturated rings. The van der Waals surface area contributed by atoms with E-state index in [0.717, 1.165) is 11.3 Å². The summed E-state index contributed by atoms with van der Waals surface area (Å²) in [5.74, 6) is 0. The molecule has 3 heteroatoms. The zero-order valence-corrected chi connectivity index (χ0v) is 10.3. The van der Waals surface area contributed by atoms with Crippen LogP contribution < -0.4 is 10.6 Å². The first-order valence-corrected chi connectivity index (χ1v) is 5.93. The molecular weight excluding hydrogens is 224 g/mol. The second kappa shape index (κ2) is 5.87. The summed E-state index contributed by atoms with van der Waals surface area (Å²) in [4.78, 5) is 11.8. The van der Waals surface area contributed by atoms with Crippen molar-refractivity contribution >= 4 is 11.7 Å². The average molecular weight is 240 g/mol. The fourth-order valence-electron chi connectivity index (χ4n) is 1.71. The van der Waals surface area contributed by atoms with Gasteiger partial charge in [0.2, 0.25) is 0 Å². The Morgan fingerprint density at radius 1 is 0.944 bits per heavy atom. The van der Waals surface area contributed by atoms with Crippen LogP contribution >= 0.6 is 0 Å². The van der Waals surface area contributed by atoms with Crippen molar-refractivity contribution in [1.82, 2.24) is 5.32 Å². The second-order valence-corrected chi connectivity index (χ2v) is 4.10. The van der Waals surface area contributed by atoms with Gasteiger partial charge in [-0.25, -0.2) is 4.79 Å². The number of carbonyl (C=O) groups excluding carboxylic acids is 1. The van der Waals surface area contributed by atoms with Crippen LogP contribution in [-0.4, -0.2) is 6.03 Å². The van der Waals surface area contributed by atoms with Crippen molar-refractivity contribution in [3.8, 4) is 0 Å². The Morgan fingerprint density at radius 3 is 2.11 bits per heavy atom. The highest BCUT2D eigenvalue weighted by Gasteiger charge is 2.08. The van der Waals surface area contributed by atoms with Gasteiger partial charge in [-0.3, -0.25) is 0 Å². The molecule has 0 aliphatic carbocycles. The minimum Gasteiger partial charge on any atom is -0.331 e. The van der Waals surface area contributed by atoms with E-state index in [4.69, 9.17) is 0 Å². The number of urea groups is 1. The lowest BCUT2D eigenvalue weighted by Crippen LogP contribution is -2.31. The molecule has 2 aromatic carbocycles. The van der Waals surface area contributed by atoms with Gasteiger partial charge in [-0.2, -0.15) is 0 Å². The van der Waals surface area contributed by atoms with Gasteiger partial charge in [0.1, 0.15) is 0 Å². The summed E-state index contributed by atoms with van der Waals surface area (Å²) >= 11 is 0. The number of hydrogen-bond donors (Lipinski definition) is 2. The summed E-state index contributed by atoms with van der Waals surface area (Å²) in [5.41, 5.74) is 1.87. The molecule has 0 saturated heterocycles. The van der Waals surface area contributed by atoms with E-state index in [0.29, 0.717) is 0 Å². The van der Waals surface area contributed by atoms with Gasteiger partial charge in [0.15, 0.2) is 0 Å². The van der Waals surface area contributed by atoms with Crippen molar-refractivity contribution in [3.05, 3.63) is 66.2 Å². The van der Waals surface area contributed by atoms with E-state index in [1.165, 1.54) is 0 Å². The summed E-state index contributed by atoms with van der Waals surface area (Å²) in [6.07, 6.45) is 0. The topological polar surface area (TPSA) is 41.1 Å². The van der Waals surface area contributed by atoms with Crippen molar-refractivity contribution in [1.29, 1.82) is 0 Å². The molecule has 0 aromatic heterocycles. The van der Waals surface area contributed by atoms with Crippen molar-refractivity contribution in [2.75, 3.05) is 5.32 Å². The van der Waals surface area contributed by atoms with Crippen LogP contribution in [0.1, 0.15) is 18.5 Å². The number of rotatable bonds is 3. The van der Waals surface area contributed by atoms with E-state index in [1.54, 1.807) is 0 Å². The van der Waals surface area contributed by atoms with E-state index in [9.17, 15) is 4.79 Å². The number of para-hydroxylation sites is 1. The maximum Gasteiger partial charge on any atom is 0.319 e. The van der Waals surface area contributed by atoms with E-state index in [1.807, 2.05) is 67.6 Å². The minimum absolute atomic E-state index is 0.0186.